The van der Waals surface area contributed by atoms with E-state index in [2.05, 4.69) is 54.6 Å². The molecule has 2 unspecified atom stereocenters. The molecule has 3 aromatic rings. The molecule has 174 valence electrons. The molecule has 2 amide bonds. The van der Waals surface area contributed by atoms with Crippen LogP contribution in [0.3, 0.4) is 0 Å². The number of fused-ring (bicyclic) bond motifs is 1. The van der Waals surface area contributed by atoms with Crippen molar-refractivity contribution in [2.45, 2.75) is 39.8 Å². The van der Waals surface area contributed by atoms with Crippen molar-refractivity contribution in [1.82, 2.24) is 15.2 Å². The summed E-state index contributed by atoms with van der Waals surface area (Å²) in [6.45, 7) is 9.55. The number of hydrogen-bond donors (Lipinski definition) is 3. The van der Waals surface area contributed by atoms with Gasteiger partial charge in [-0.3, -0.25) is 9.59 Å². The van der Waals surface area contributed by atoms with E-state index in [9.17, 15) is 9.59 Å². The van der Waals surface area contributed by atoms with Crippen LogP contribution in [0.15, 0.2) is 48.7 Å². The van der Waals surface area contributed by atoms with Crippen LogP contribution in [0.1, 0.15) is 46.6 Å². The van der Waals surface area contributed by atoms with Gasteiger partial charge in [-0.25, -0.2) is 0 Å². The van der Waals surface area contributed by atoms with Gasteiger partial charge in [-0.15, -0.1) is 0 Å². The lowest BCUT2D eigenvalue weighted by Crippen LogP contribution is -2.55. The molecule has 0 spiro atoms. The van der Waals surface area contributed by atoms with Crippen molar-refractivity contribution >= 4 is 29.2 Å². The monoisotopic (exact) mass is 454 g/mol. The van der Waals surface area contributed by atoms with Gasteiger partial charge in [0, 0.05) is 48.3 Å². The van der Waals surface area contributed by atoms with E-state index in [0.29, 0.717) is 24.2 Å². The molecular formula is C28H30N4O2. The Kier molecular flexibility index (Phi) is 5.62. The SMILES string of the molecule is Cc1cccc(-c2cccc3c2/C(=C/c2[nH]cc(C(=O)N4CC(C)NC(C)C4)c2C)C(=O)N3)c1. The number of benzene rings is 2. The van der Waals surface area contributed by atoms with Crippen molar-refractivity contribution < 1.29 is 9.59 Å². The standard InChI is InChI=1S/C28H30N4O2/c1-16-7-5-8-20(11-16)21-9-6-10-24-26(21)22(27(33)31-24)12-25-19(4)23(13-29-25)28(34)32-14-17(2)30-18(3)15-32/h5-13,17-18,29-30H,14-15H2,1-4H3,(H,31,33)/b22-12-. The Balaban J connectivity index is 1.52. The van der Waals surface area contributed by atoms with E-state index in [4.69, 9.17) is 0 Å². The number of anilines is 1. The number of nitrogens with zero attached hydrogens (tertiary/aromatic N) is 1. The fourth-order valence-electron chi connectivity index (χ4n) is 5.13. The van der Waals surface area contributed by atoms with Crippen LogP contribution in [0.25, 0.3) is 22.8 Å². The average molecular weight is 455 g/mol. The van der Waals surface area contributed by atoms with Crippen LogP contribution < -0.4 is 10.6 Å². The van der Waals surface area contributed by atoms with E-state index in [0.717, 1.165) is 39.2 Å². The van der Waals surface area contributed by atoms with Gasteiger partial charge in [-0.05, 0) is 56.5 Å². The third kappa shape index (κ3) is 3.94. The summed E-state index contributed by atoms with van der Waals surface area (Å²) in [7, 11) is 0. The molecule has 1 aromatic heterocycles. The maximum absolute atomic E-state index is 13.3. The minimum Gasteiger partial charge on any atom is -0.361 e. The summed E-state index contributed by atoms with van der Waals surface area (Å²) in [5, 5.41) is 6.46. The van der Waals surface area contributed by atoms with Crippen LogP contribution in [0.2, 0.25) is 0 Å². The summed E-state index contributed by atoms with van der Waals surface area (Å²) in [5.74, 6) is -0.114. The molecule has 3 heterocycles. The highest BCUT2D eigenvalue weighted by Crippen LogP contribution is 2.40. The lowest BCUT2D eigenvalue weighted by atomic mass is 9.93. The van der Waals surface area contributed by atoms with Crippen LogP contribution in [0.4, 0.5) is 5.69 Å². The van der Waals surface area contributed by atoms with Gasteiger partial charge in [-0.1, -0.05) is 42.0 Å². The maximum Gasteiger partial charge on any atom is 0.256 e. The quantitative estimate of drug-likeness (QED) is 0.506. The van der Waals surface area contributed by atoms with E-state index in [-0.39, 0.29) is 23.9 Å². The summed E-state index contributed by atoms with van der Waals surface area (Å²) in [4.78, 5) is 31.4. The zero-order valence-corrected chi connectivity index (χ0v) is 20.0. The topological polar surface area (TPSA) is 77.2 Å². The number of carbonyl (C=O) groups excluding carboxylic acids is 2. The molecule has 2 aliphatic heterocycles. The molecule has 1 saturated heterocycles. The number of aryl methyl sites for hydroxylation is 1. The fourth-order valence-corrected chi connectivity index (χ4v) is 5.13. The Bertz CT molecular complexity index is 1310. The Morgan fingerprint density at radius 1 is 1.06 bits per heavy atom. The van der Waals surface area contributed by atoms with E-state index >= 15 is 0 Å². The summed E-state index contributed by atoms with van der Waals surface area (Å²) in [6.07, 6.45) is 3.64. The second kappa shape index (κ2) is 8.61. The van der Waals surface area contributed by atoms with Crippen LogP contribution in [0, 0.1) is 13.8 Å². The van der Waals surface area contributed by atoms with Crippen molar-refractivity contribution in [2.24, 2.45) is 0 Å². The number of H-pyrrole nitrogens is 1. The van der Waals surface area contributed by atoms with Crippen LogP contribution in [0.5, 0.6) is 0 Å². The number of carbonyl (C=O) groups is 2. The Morgan fingerprint density at radius 3 is 2.53 bits per heavy atom. The van der Waals surface area contributed by atoms with Gasteiger partial charge in [0.2, 0.25) is 0 Å². The lowest BCUT2D eigenvalue weighted by Gasteiger charge is -2.36. The van der Waals surface area contributed by atoms with Crippen molar-refractivity contribution in [1.29, 1.82) is 0 Å². The van der Waals surface area contributed by atoms with Crippen molar-refractivity contribution in [3.05, 3.63) is 76.6 Å². The molecule has 5 rings (SSSR count). The zero-order chi connectivity index (χ0) is 24.0. The number of hydrogen-bond acceptors (Lipinski definition) is 3. The normalized spacial score (nSPS) is 21.0. The minimum absolute atomic E-state index is 0.0234. The average Bonchev–Trinajstić information content (AvgIpc) is 3.32. The van der Waals surface area contributed by atoms with Crippen LogP contribution >= 0.6 is 0 Å². The Hall–Kier alpha value is -3.64. The Morgan fingerprint density at radius 2 is 1.79 bits per heavy atom. The molecular weight excluding hydrogens is 424 g/mol. The molecule has 2 aliphatic rings. The number of nitrogens with one attached hydrogen (secondary N) is 3. The van der Waals surface area contributed by atoms with Crippen molar-refractivity contribution in [3.8, 4) is 11.1 Å². The number of aromatic nitrogens is 1. The van der Waals surface area contributed by atoms with Crippen LogP contribution in [-0.2, 0) is 4.79 Å². The number of rotatable bonds is 3. The van der Waals surface area contributed by atoms with Gasteiger partial charge in [0.15, 0.2) is 0 Å². The predicted molar refractivity (Wildman–Crippen MR) is 137 cm³/mol. The van der Waals surface area contributed by atoms with Crippen molar-refractivity contribution in [3.63, 3.8) is 0 Å². The molecule has 2 atom stereocenters. The van der Waals surface area contributed by atoms with Gasteiger partial charge in [0.1, 0.15) is 0 Å². The largest absolute Gasteiger partial charge is 0.361 e. The third-order valence-electron chi connectivity index (χ3n) is 6.70. The third-order valence-corrected chi connectivity index (χ3v) is 6.70. The first kappa shape index (κ1) is 22.2. The Labute approximate surface area is 200 Å². The first-order valence-corrected chi connectivity index (χ1v) is 11.8. The molecule has 0 bridgehead atoms. The second-order valence-corrected chi connectivity index (χ2v) is 9.53. The molecule has 3 N–H and O–H groups in total. The van der Waals surface area contributed by atoms with Gasteiger partial charge >= 0.3 is 0 Å². The molecule has 0 aliphatic carbocycles. The zero-order valence-electron chi connectivity index (χ0n) is 20.0. The molecule has 0 saturated carbocycles. The van der Waals surface area contributed by atoms with Gasteiger partial charge in [0.05, 0.1) is 11.1 Å². The maximum atomic E-state index is 13.3. The summed E-state index contributed by atoms with van der Waals surface area (Å²) in [5.41, 5.74) is 7.82. The molecule has 6 heteroatoms. The van der Waals surface area contributed by atoms with Gasteiger partial charge in [0.25, 0.3) is 11.8 Å². The number of aromatic amines is 1. The highest BCUT2D eigenvalue weighted by Gasteiger charge is 2.30. The van der Waals surface area contributed by atoms with Gasteiger partial charge in [-0.2, -0.15) is 0 Å². The number of amides is 2. The molecule has 1 fully saturated rings. The smallest absolute Gasteiger partial charge is 0.256 e. The summed E-state index contributed by atoms with van der Waals surface area (Å²) < 4.78 is 0. The van der Waals surface area contributed by atoms with E-state index in [1.165, 1.54) is 0 Å². The van der Waals surface area contributed by atoms with Gasteiger partial charge < -0.3 is 20.5 Å². The second-order valence-electron chi connectivity index (χ2n) is 9.53. The molecule has 2 aromatic carbocycles. The van der Waals surface area contributed by atoms with Crippen LogP contribution in [-0.4, -0.2) is 46.9 Å². The molecule has 34 heavy (non-hydrogen) atoms. The molecule has 6 nitrogen and oxygen atoms in total. The summed E-state index contributed by atoms with van der Waals surface area (Å²) >= 11 is 0. The number of piperazine rings is 1. The fraction of sp³-hybridized carbons (Fsp3) is 0.286. The van der Waals surface area contributed by atoms with Crippen molar-refractivity contribution in [2.75, 3.05) is 18.4 Å². The highest BCUT2D eigenvalue weighted by atomic mass is 16.2. The van der Waals surface area contributed by atoms with E-state index in [1.807, 2.05) is 42.2 Å². The molecule has 0 radical (unpaired) electrons. The lowest BCUT2D eigenvalue weighted by molar-refractivity contribution is -0.110. The predicted octanol–water partition coefficient (Wildman–Crippen LogP) is 4.61. The summed E-state index contributed by atoms with van der Waals surface area (Å²) in [6, 6.07) is 14.7. The minimum atomic E-state index is -0.137. The van der Waals surface area contributed by atoms with E-state index < -0.39 is 0 Å². The van der Waals surface area contributed by atoms with E-state index in [1.54, 1.807) is 6.20 Å². The first-order valence-electron chi connectivity index (χ1n) is 11.8. The highest BCUT2D eigenvalue weighted by molar-refractivity contribution is 6.36. The first-order chi connectivity index (χ1) is 16.3.